The van der Waals surface area contributed by atoms with Gasteiger partial charge in [-0.2, -0.15) is 0 Å². The number of hydrogen-bond donors (Lipinski definition) is 3. The number of fused-ring (bicyclic) bond motifs is 1. The molecule has 0 bridgehead atoms. The summed E-state index contributed by atoms with van der Waals surface area (Å²) in [6.45, 7) is 9.70. The van der Waals surface area contributed by atoms with Gasteiger partial charge in [0.05, 0.1) is 6.10 Å². The minimum Gasteiger partial charge on any atom is -0.396 e. The van der Waals surface area contributed by atoms with Crippen molar-refractivity contribution < 1.29 is 19.4 Å². The van der Waals surface area contributed by atoms with Crippen LogP contribution in [0, 0.1) is 40.3 Å². The Labute approximate surface area is 191 Å². The van der Waals surface area contributed by atoms with Gasteiger partial charge < -0.3 is 15.5 Å². The van der Waals surface area contributed by atoms with E-state index in [1.54, 1.807) is 0 Å². The minimum absolute atomic E-state index is 0.0650. The second-order valence-electron chi connectivity index (χ2n) is 11.0. The molecular weight excluding hydrogens is 405 g/mol. The normalized spacial score (nSPS) is 39.5. The molecule has 0 aliphatic heterocycles. The average Bonchev–Trinajstić information content (AvgIpc) is 3.08. The first kappa shape index (κ1) is 23.4. The molecule has 0 heterocycles. The fraction of sp³-hybridized carbons (Fsp3) is 0.667. The minimum atomic E-state index is -0.350. The number of carbonyl (C=O) groups is 1. The summed E-state index contributed by atoms with van der Waals surface area (Å²) < 4.78 is 13.3. The molecule has 3 aliphatic carbocycles. The lowest BCUT2D eigenvalue weighted by Crippen LogP contribution is -2.53. The predicted octanol–water partition coefficient (Wildman–Crippen LogP) is 4.71. The smallest absolute Gasteiger partial charge is 0.251 e. The molecule has 0 unspecified atom stereocenters. The molecule has 3 aliphatic rings. The number of hydrogen-bond acceptors (Lipinski definition) is 3. The van der Waals surface area contributed by atoms with Crippen LogP contribution in [0.3, 0.4) is 0 Å². The van der Waals surface area contributed by atoms with E-state index in [1.807, 2.05) is 0 Å². The maximum Gasteiger partial charge on any atom is 0.251 e. The summed E-state index contributed by atoms with van der Waals surface area (Å²) in [6.07, 6.45) is 6.25. The van der Waals surface area contributed by atoms with E-state index in [0.29, 0.717) is 30.4 Å². The van der Waals surface area contributed by atoms with Crippen molar-refractivity contribution >= 4 is 5.91 Å². The Morgan fingerprint density at radius 1 is 1.16 bits per heavy atom. The van der Waals surface area contributed by atoms with Gasteiger partial charge in [0.1, 0.15) is 5.82 Å². The van der Waals surface area contributed by atoms with E-state index >= 15 is 0 Å². The third-order valence-electron chi connectivity index (χ3n) is 9.57. The first-order valence-corrected chi connectivity index (χ1v) is 12.2. The quantitative estimate of drug-likeness (QED) is 0.577. The number of nitrogens with one attached hydrogen (secondary N) is 1. The van der Waals surface area contributed by atoms with Crippen LogP contribution in [0.4, 0.5) is 4.39 Å². The summed E-state index contributed by atoms with van der Waals surface area (Å²) in [5.41, 5.74) is 1.84. The zero-order valence-electron chi connectivity index (χ0n) is 19.4. The Balaban J connectivity index is 1.60. The molecule has 0 aromatic heterocycles. The third kappa shape index (κ3) is 4.03. The summed E-state index contributed by atoms with van der Waals surface area (Å²) in [5.74, 6) is 0.648. The van der Waals surface area contributed by atoms with Crippen LogP contribution in [-0.4, -0.2) is 35.4 Å². The Kier molecular flexibility index (Phi) is 6.52. The van der Waals surface area contributed by atoms with Crippen LogP contribution < -0.4 is 5.32 Å². The lowest BCUT2D eigenvalue weighted by Gasteiger charge is -2.56. The van der Waals surface area contributed by atoms with Crippen molar-refractivity contribution in [1.82, 2.24) is 5.32 Å². The molecular formula is C27H38FNO3. The molecule has 1 aromatic rings. The molecule has 0 spiro atoms. The zero-order valence-corrected chi connectivity index (χ0v) is 19.4. The van der Waals surface area contributed by atoms with Gasteiger partial charge in [0, 0.05) is 18.7 Å². The summed E-state index contributed by atoms with van der Waals surface area (Å²) in [7, 11) is 0. The fourth-order valence-corrected chi connectivity index (χ4v) is 7.38. The Morgan fingerprint density at radius 3 is 2.56 bits per heavy atom. The van der Waals surface area contributed by atoms with Crippen molar-refractivity contribution in [2.75, 3.05) is 13.2 Å². The Bertz CT molecular complexity index is 855. The fourth-order valence-electron chi connectivity index (χ4n) is 7.38. The van der Waals surface area contributed by atoms with E-state index in [9.17, 15) is 19.4 Å². The first-order valence-electron chi connectivity index (χ1n) is 12.2. The molecule has 4 rings (SSSR count). The van der Waals surface area contributed by atoms with Crippen LogP contribution in [-0.2, 0) is 0 Å². The van der Waals surface area contributed by atoms with Crippen LogP contribution in [0.5, 0.6) is 0 Å². The number of amides is 1. The van der Waals surface area contributed by atoms with Crippen LogP contribution in [0.15, 0.2) is 36.4 Å². The second-order valence-corrected chi connectivity index (χ2v) is 11.0. The van der Waals surface area contributed by atoms with Gasteiger partial charge in [-0.3, -0.25) is 4.79 Å². The molecule has 0 saturated heterocycles. The molecule has 3 fully saturated rings. The maximum absolute atomic E-state index is 13.3. The second kappa shape index (κ2) is 8.90. The van der Waals surface area contributed by atoms with Gasteiger partial charge in [-0.1, -0.05) is 26.0 Å². The van der Waals surface area contributed by atoms with Gasteiger partial charge >= 0.3 is 0 Å². The summed E-state index contributed by atoms with van der Waals surface area (Å²) in [6, 6.07) is 5.68. The molecule has 176 valence electrons. The SMILES string of the molecule is C=C1CC[C@H]2[C@H](CNC(=O)c3ccc(F)cc3)[C@@H]([C@]3(C)CC[C@H](O)C[C@@H]3CO)CC[C@]12C. The van der Waals surface area contributed by atoms with Gasteiger partial charge in [-0.05, 0) is 104 Å². The highest BCUT2D eigenvalue weighted by atomic mass is 19.1. The highest BCUT2D eigenvalue weighted by Crippen LogP contribution is 2.63. The summed E-state index contributed by atoms with van der Waals surface area (Å²) >= 11 is 0. The average molecular weight is 444 g/mol. The number of carbonyl (C=O) groups excluding carboxylic acids is 1. The molecule has 1 aromatic carbocycles. The van der Waals surface area contributed by atoms with Crippen molar-refractivity contribution in [2.45, 2.75) is 64.9 Å². The Hall–Kier alpha value is -1.72. The zero-order chi connectivity index (χ0) is 23.1. The molecule has 0 radical (unpaired) electrons. The first-order chi connectivity index (χ1) is 15.2. The maximum atomic E-state index is 13.3. The van der Waals surface area contributed by atoms with Crippen molar-refractivity contribution in [3.05, 3.63) is 47.8 Å². The number of halogens is 1. The largest absolute Gasteiger partial charge is 0.396 e. The lowest BCUT2D eigenvalue weighted by atomic mass is 9.49. The molecule has 4 nitrogen and oxygen atoms in total. The third-order valence-corrected chi connectivity index (χ3v) is 9.57. The van der Waals surface area contributed by atoms with Crippen molar-refractivity contribution in [3.63, 3.8) is 0 Å². The Morgan fingerprint density at radius 2 is 1.88 bits per heavy atom. The summed E-state index contributed by atoms with van der Waals surface area (Å²) in [4.78, 5) is 12.8. The molecule has 1 amide bonds. The monoisotopic (exact) mass is 443 g/mol. The van der Waals surface area contributed by atoms with Gasteiger partial charge in [-0.25, -0.2) is 4.39 Å². The molecule has 3 saturated carbocycles. The van der Waals surface area contributed by atoms with Crippen LogP contribution in [0.1, 0.15) is 69.2 Å². The van der Waals surface area contributed by atoms with Gasteiger partial charge in [0.25, 0.3) is 5.91 Å². The molecule has 3 N–H and O–H groups in total. The van der Waals surface area contributed by atoms with Crippen molar-refractivity contribution in [3.8, 4) is 0 Å². The highest BCUT2D eigenvalue weighted by molar-refractivity contribution is 5.94. The standard InChI is InChI=1S/C27H38FNO3/c1-17-4-9-23-22(15-29-25(32)18-5-7-20(28)8-6-18)24(11-13-26(17,23)2)27(3)12-10-21(31)14-19(27)16-30/h5-8,19,21-24,30-31H,1,4,9-16H2,2-3H3,(H,29,32)/t19-,21+,22+,23+,24+,26-,27-/m1/s1. The number of rotatable bonds is 5. The van der Waals surface area contributed by atoms with Gasteiger partial charge in [-0.15, -0.1) is 0 Å². The van der Waals surface area contributed by atoms with E-state index in [0.717, 1.165) is 38.5 Å². The van der Waals surface area contributed by atoms with Crippen LogP contribution >= 0.6 is 0 Å². The molecule has 7 atom stereocenters. The van der Waals surface area contributed by atoms with E-state index in [4.69, 9.17) is 0 Å². The number of allylic oxidation sites excluding steroid dienone is 1. The van der Waals surface area contributed by atoms with Crippen LogP contribution in [0.25, 0.3) is 0 Å². The topological polar surface area (TPSA) is 69.6 Å². The van der Waals surface area contributed by atoms with Crippen LogP contribution in [0.2, 0.25) is 0 Å². The lowest BCUT2D eigenvalue weighted by molar-refractivity contribution is -0.0928. The number of benzene rings is 1. The van der Waals surface area contributed by atoms with Gasteiger partial charge in [0.15, 0.2) is 0 Å². The van der Waals surface area contributed by atoms with E-state index in [1.165, 1.54) is 29.8 Å². The van der Waals surface area contributed by atoms with Crippen molar-refractivity contribution in [1.29, 1.82) is 0 Å². The van der Waals surface area contributed by atoms with E-state index in [-0.39, 0.29) is 47.1 Å². The number of aliphatic hydroxyl groups excluding tert-OH is 2. The number of aliphatic hydroxyl groups is 2. The highest BCUT2D eigenvalue weighted by Gasteiger charge is 2.56. The van der Waals surface area contributed by atoms with Crippen molar-refractivity contribution in [2.24, 2.45) is 34.5 Å². The van der Waals surface area contributed by atoms with E-state index < -0.39 is 0 Å². The molecule has 32 heavy (non-hydrogen) atoms. The predicted molar refractivity (Wildman–Crippen MR) is 123 cm³/mol. The van der Waals surface area contributed by atoms with Gasteiger partial charge in [0.2, 0.25) is 0 Å². The molecule has 5 heteroatoms. The van der Waals surface area contributed by atoms with E-state index in [2.05, 4.69) is 25.7 Å². The summed E-state index contributed by atoms with van der Waals surface area (Å²) in [5, 5.41) is 23.6.